The predicted molar refractivity (Wildman–Crippen MR) is 119 cm³/mol. The number of rotatable bonds is 7. The van der Waals surface area contributed by atoms with Crippen molar-refractivity contribution in [3.05, 3.63) is 71.6 Å². The number of furan rings is 1. The molecule has 4 rings (SSSR count). The molecule has 0 spiro atoms. The van der Waals surface area contributed by atoms with Crippen molar-refractivity contribution >= 4 is 43.3 Å². The summed E-state index contributed by atoms with van der Waals surface area (Å²) in [4.78, 5) is 24.7. The maximum absolute atomic E-state index is 13.3. The molecule has 1 N–H and O–H groups in total. The van der Waals surface area contributed by atoms with Gasteiger partial charge < -0.3 is 9.73 Å². The monoisotopic (exact) mass is 438 g/mol. The number of fused-ring (bicyclic) bond motifs is 1. The van der Waals surface area contributed by atoms with Gasteiger partial charge in [0, 0.05) is 24.5 Å². The Morgan fingerprint density at radius 1 is 1.10 bits per heavy atom. The standard InChI is InChI=1S/C23H22N2O5S/c1-3-4-12-25-23(27)21(22(31(25,28)29)16-8-6-5-7-9-16)24-18-10-11-19-17(13-18)14-20(30-19)15(2)26/h5-11,13-14,24H,3-4,12H2,1-2H3. The number of benzene rings is 2. The van der Waals surface area contributed by atoms with Gasteiger partial charge in [0.2, 0.25) is 0 Å². The van der Waals surface area contributed by atoms with Crippen LogP contribution in [0.25, 0.3) is 15.9 Å². The van der Waals surface area contributed by atoms with Crippen LogP contribution >= 0.6 is 0 Å². The highest BCUT2D eigenvalue weighted by Crippen LogP contribution is 2.36. The number of carbonyl (C=O) groups is 2. The van der Waals surface area contributed by atoms with E-state index in [1.54, 1.807) is 54.6 Å². The van der Waals surface area contributed by atoms with Gasteiger partial charge in [-0.05, 0) is 36.2 Å². The molecule has 0 saturated carbocycles. The number of hydrogen-bond acceptors (Lipinski definition) is 6. The number of anilines is 1. The number of nitrogens with zero attached hydrogens (tertiary/aromatic N) is 1. The van der Waals surface area contributed by atoms with Crippen LogP contribution < -0.4 is 5.32 Å². The summed E-state index contributed by atoms with van der Waals surface area (Å²) in [6.07, 6.45) is 1.34. The summed E-state index contributed by atoms with van der Waals surface area (Å²) in [5.41, 5.74) is 1.51. The fraction of sp³-hybridized carbons (Fsp3) is 0.217. The van der Waals surface area contributed by atoms with Gasteiger partial charge in [-0.15, -0.1) is 0 Å². The molecule has 0 unspecified atom stereocenters. The SMILES string of the molecule is CCCCN1C(=O)C(Nc2ccc3oc(C(C)=O)cc3c2)=C(c2ccccc2)S1(=O)=O. The van der Waals surface area contributed by atoms with E-state index in [4.69, 9.17) is 4.42 Å². The number of ketones is 1. The van der Waals surface area contributed by atoms with Crippen molar-refractivity contribution in [1.29, 1.82) is 0 Å². The molecule has 0 fully saturated rings. The molecule has 0 radical (unpaired) electrons. The van der Waals surface area contributed by atoms with E-state index < -0.39 is 15.9 Å². The molecule has 1 aliphatic heterocycles. The van der Waals surface area contributed by atoms with E-state index in [9.17, 15) is 18.0 Å². The number of amides is 1. The molecule has 0 aliphatic carbocycles. The molecule has 1 aliphatic rings. The van der Waals surface area contributed by atoms with E-state index in [0.717, 1.165) is 10.7 Å². The van der Waals surface area contributed by atoms with Crippen molar-refractivity contribution in [2.24, 2.45) is 0 Å². The van der Waals surface area contributed by atoms with Gasteiger partial charge >= 0.3 is 0 Å². The van der Waals surface area contributed by atoms with Gasteiger partial charge in [0.15, 0.2) is 11.5 Å². The zero-order valence-corrected chi connectivity index (χ0v) is 18.0. The minimum atomic E-state index is -3.98. The largest absolute Gasteiger partial charge is 0.453 e. The Kier molecular flexibility index (Phi) is 5.41. The van der Waals surface area contributed by atoms with E-state index in [2.05, 4.69) is 5.32 Å². The van der Waals surface area contributed by atoms with Crippen LogP contribution in [0.15, 0.2) is 64.7 Å². The zero-order chi connectivity index (χ0) is 22.2. The Balaban J connectivity index is 1.80. The summed E-state index contributed by atoms with van der Waals surface area (Å²) in [6.45, 7) is 3.48. The van der Waals surface area contributed by atoms with Crippen LogP contribution in [0.2, 0.25) is 0 Å². The fourth-order valence-corrected chi connectivity index (χ4v) is 5.26. The Bertz CT molecular complexity index is 1310. The topological polar surface area (TPSA) is 96.7 Å². The van der Waals surface area contributed by atoms with Gasteiger partial charge in [-0.3, -0.25) is 9.59 Å². The fourth-order valence-electron chi connectivity index (χ4n) is 3.53. The first-order chi connectivity index (χ1) is 14.8. The van der Waals surface area contributed by atoms with E-state index in [-0.39, 0.29) is 28.7 Å². The average Bonchev–Trinajstić information content (AvgIpc) is 3.24. The summed E-state index contributed by atoms with van der Waals surface area (Å²) in [6, 6.07) is 15.3. The third-order valence-electron chi connectivity index (χ3n) is 5.10. The molecule has 0 bridgehead atoms. The van der Waals surface area contributed by atoms with Crippen LogP contribution in [-0.2, 0) is 14.8 Å². The average molecular weight is 439 g/mol. The van der Waals surface area contributed by atoms with E-state index in [0.29, 0.717) is 28.6 Å². The molecule has 0 atom stereocenters. The van der Waals surface area contributed by atoms with Crippen LogP contribution in [0, 0.1) is 0 Å². The van der Waals surface area contributed by atoms with E-state index in [1.165, 1.54) is 6.92 Å². The molecule has 8 heteroatoms. The molecule has 2 heterocycles. The lowest BCUT2D eigenvalue weighted by atomic mass is 10.1. The normalized spacial score (nSPS) is 15.7. The third kappa shape index (κ3) is 3.74. The Labute approximate surface area is 180 Å². The summed E-state index contributed by atoms with van der Waals surface area (Å²) in [7, 11) is -3.98. The van der Waals surface area contributed by atoms with Crippen molar-refractivity contribution < 1.29 is 22.4 Å². The summed E-state index contributed by atoms with van der Waals surface area (Å²) >= 11 is 0. The van der Waals surface area contributed by atoms with Crippen molar-refractivity contribution in [2.75, 3.05) is 11.9 Å². The lowest BCUT2D eigenvalue weighted by Crippen LogP contribution is -2.33. The third-order valence-corrected chi connectivity index (χ3v) is 6.98. The molecule has 0 saturated heterocycles. The van der Waals surface area contributed by atoms with Crippen molar-refractivity contribution in [3.8, 4) is 0 Å². The second-order valence-electron chi connectivity index (χ2n) is 7.35. The lowest BCUT2D eigenvalue weighted by Gasteiger charge is -2.16. The summed E-state index contributed by atoms with van der Waals surface area (Å²) in [5, 5.41) is 3.69. The minimum absolute atomic E-state index is 0.0111. The molecule has 2 aromatic carbocycles. The van der Waals surface area contributed by atoms with Gasteiger partial charge in [0.05, 0.1) is 0 Å². The maximum atomic E-state index is 13.3. The number of unbranched alkanes of at least 4 members (excludes halogenated alkanes) is 1. The molecule has 3 aromatic rings. The Morgan fingerprint density at radius 3 is 2.52 bits per heavy atom. The lowest BCUT2D eigenvalue weighted by molar-refractivity contribution is -0.122. The molecule has 31 heavy (non-hydrogen) atoms. The maximum Gasteiger partial charge on any atom is 0.285 e. The smallest absolute Gasteiger partial charge is 0.285 e. The van der Waals surface area contributed by atoms with Gasteiger partial charge in [0.1, 0.15) is 16.2 Å². The Morgan fingerprint density at radius 2 is 1.84 bits per heavy atom. The van der Waals surface area contributed by atoms with Crippen molar-refractivity contribution in [3.63, 3.8) is 0 Å². The Hall–Kier alpha value is -3.39. The number of Topliss-reactive ketones (excluding diaryl/α,β-unsaturated/α-hetero) is 1. The number of hydrogen-bond donors (Lipinski definition) is 1. The highest BCUT2D eigenvalue weighted by atomic mass is 32.2. The van der Waals surface area contributed by atoms with Crippen LogP contribution in [-0.4, -0.2) is 31.0 Å². The number of carbonyl (C=O) groups excluding carboxylic acids is 2. The van der Waals surface area contributed by atoms with E-state index >= 15 is 0 Å². The molecule has 7 nitrogen and oxygen atoms in total. The molecular weight excluding hydrogens is 416 g/mol. The first kappa shape index (κ1) is 20.9. The zero-order valence-electron chi connectivity index (χ0n) is 17.2. The van der Waals surface area contributed by atoms with Gasteiger partial charge in [0.25, 0.3) is 15.9 Å². The van der Waals surface area contributed by atoms with Crippen molar-refractivity contribution in [2.45, 2.75) is 26.7 Å². The second kappa shape index (κ2) is 8.03. The quantitative estimate of drug-likeness (QED) is 0.550. The molecule has 160 valence electrons. The second-order valence-corrected chi connectivity index (χ2v) is 9.15. The molecular formula is C23H22N2O5S. The first-order valence-electron chi connectivity index (χ1n) is 10.0. The van der Waals surface area contributed by atoms with Gasteiger partial charge in [-0.1, -0.05) is 43.7 Å². The highest BCUT2D eigenvalue weighted by molar-refractivity contribution is 7.99. The number of sulfonamides is 1. The number of nitrogens with one attached hydrogen (secondary N) is 1. The predicted octanol–water partition coefficient (Wildman–Crippen LogP) is 4.39. The minimum Gasteiger partial charge on any atom is -0.453 e. The summed E-state index contributed by atoms with van der Waals surface area (Å²) < 4.78 is 32.9. The highest BCUT2D eigenvalue weighted by Gasteiger charge is 2.44. The van der Waals surface area contributed by atoms with Crippen LogP contribution in [0.1, 0.15) is 42.8 Å². The van der Waals surface area contributed by atoms with Gasteiger partial charge in [-0.2, -0.15) is 0 Å². The van der Waals surface area contributed by atoms with Gasteiger partial charge in [-0.25, -0.2) is 12.7 Å². The molecule has 1 aromatic heterocycles. The molecule has 1 amide bonds. The first-order valence-corrected chi connectivity index (χ1v) is 11.4. The van der Waals surface area contributed by atoms with E-state index in [1.807, 2.05) is 6.92 Å². The van der Waals surface area contributed by atoms with Crippen molar-refractivity contribution in [1.82, 2.24) is 4.31 Å². The summed E-state index contributed by atoms with van der Waals surface area (Å²) in [5.74, 6) is -0.533. The van der Waals surface area contributed by atoms with Crippen LogP contribution in [0.5, 0.6) is 0 Å². The van der Waals surface area contributed by atoms with Crippen LogP contribution in [0.4, 0.5) is 5.69 Å². The van der Waals surface area contributed by atoms with Crippen LogP contribution in [0.3, 0.4) is 0 Å².